The van der Waals surface area contributed by atoms with E-state index in [0.717, 1.165) is 34.8 Å². The van der Waals surface area contributed by atoms with E-state index >= 15 is 0 Å². The molecule has 0 bridgehead atoms. The van der Waals surface area contributed by atoms with Crippen LogP contribution in [0.3, 0.4) is 0 Å². The Labute approximate surface area is 179 Å². The standard InChI is InChI=1S/C22H18F7N3/c23-15-4-5-17(18(24)11-15)19-12-20(21(25,26)22(27,28)29)31-32(19)16-3-1-2-14(10-16)13-6-8-30-9-7-13/h1-6,10-11,19,30H,7-9,12H2. The van der Waals surface area contributed by atoms with Gasteiger partial charge in [-0.15, -0.1) is 0 Å². The fourth-order valence-electron chi connectivity index (χ4n) is 3.85. The average Bonchev–Trinajstić information content (AvgIpc) is 3.19. The van der Waals surface area contributed by atoms with E-state index in [0.29, 0.717) is 19.0 Å². The molecule has 4 rings (SSSR count). The molecule has 0 saturated heterocycles. The molecule has 0 fully saturated rings. The normalized spacial score (nSPS) is 19.7. The van der Waals surface area contributed by atoms with Gasteiger partial charge < -0.3 is 5.32 Å². The number of hydrogen-bond donors (Lipinski definition) is 1. The van der Waals surface area contributed by atoms with E-state index < -0.39 is 41.9 Å². The molecule has 0 aromatic heterocycles. The SMILES string of the molecule is Fc1ccc(C2CC(C(F)(F)C(F)(F)F)=NN2c2cccc(C3=CCNCC3)c2)c(F)c1. The van der Waals surface area contributed by atoms with Gasteiger partial charge in [-0.3, -0.25) is 5.01 Å². The largest absolute Gasteiger partial charge is 0.459 e. The van der Waals surface area contributed by atoms with Gasteiger partial charge in [0.2, 0.25) is 0 Å². The van der Waals surface area contributed by atoms with Gasteiger partial charge in [0.05, 0.1) is 11.7 Å². The van der Waals surface area contributed by atoms with Crippen LogP contribution in [0.1, 0.15) is 30.0 Å². The highest BCUT2D eigenvalue weighted by Crippen LogP contribution is 2.45. The maximum Gasteiger partial charge on any atom is 0.459 e. The first-order chi connectivity index (χ1) is 15.1. The van der Waals surface area contributed by atoms with Crippen LogP contribution in [0, 0.1) is 11.6 Å². The van der Waals surface area contributed by atoms with Crippen LogP contribution in [0.4, 0.5) is 36.4 Å². The molecule has 0 radical (unpaired) electrons. The molecule has 2 aliphatic heterocycles. The van der Waals surface area contributed by atoms with Gasteiger partial charge in [-0.05, 0) is 42.3 Å². The van der Waals surface area contributed by atoms with Crippen LogP contribution in [0.15, 0.2) is 53.6 Å². The summed E-state index contributed by atoms with van der Waals surface area (Å²) in [7, 11) is 0. The van der Waals surface area contributed by atoms with Crippen molar-refractivity contribution in [1.82, 2.24) is 5.32 Å². The van der Waals surface area contributed by atoms with Crippen molar-refractivity contribution in [3.63, 3.8) is 0 Å². The smallest absolute Gasteiger partial charge is 0.313 e. The van der Waals surface area contributed by atoms with Gasteiger partial charge in [0.25, 0.3) is 0 Å². The minimum atomic E-state index is -5.85. The lowest BCUT2D eigenvalue weighted by Crippen LogP contribution is -2.43. The molecular formula is C22H18F7N3. The Morgan fingerprint density at radius 3 is 2.44 bits per heavy atom. The van der Waals surface area contributed by atoms with Crippen LogP contribution in [-0.2, 0) is 0 Å². The number of anilines is 1. The Kier molecular flexibility index (Phi) is 5.74. The number of alkyl halides is 5. The fourth-order valence-corrected chi connectivity index (χ4v) is 3.85. The molecule has 0 amide bonds. The number of hydrazone groups is 1. The summed E-state index contributed by atoms with van der Waals surface area (Å²) in [5, 5.41) is 7.71. The Hall–Kier alpha value is -2.88. The van der Waals surface area contributed by atoms with Crippen LogP contribution in [-0.4, -0.2) is 30.9 Å². The first-order valence-electron chi connectivity index (χ1n) is 9.85. The third kappa shape index (κ3) is 4.11. The van der Waals surface area contributed by atoms with Crippen LogP contribution in [0.5, 0.6) is 0 Å². The molecule has 2 aromatic carbocycles. The average molecular weight is 457 g/mol. The van der Waals surface area contributed by atoms with Crippen LogP contribution in [0.2, 0.25) is 0 Å². The van der Waals surface area contributed by atoms with Crippen molar-refractivity contribution in [3.05, 3.63) is 71.3 Å². The second-order valence-corrected chi connectivity index (χ2v) is 7.58. The maximum atomic E-state index is 14.5. The molecule has 32 heavy (non-hydrogen) atoms. The van der Waals surface area contributed by atoms with E-state index in [1.54, 1.807) is 18.2 Å². The van der Waals surface area contributed by atoms with Crippen LogP contribution >= 0.6 is 0 Å². The van der Waals surface area contributed by atoms with E-state index in [-0.39, 0.29) is 11.3 Å². The zero-order valence-electron chi connectivity index (χ0n) is 16.6. The molecule has 1 atom stereocenters. The Balaban J connectivity index is 1.79. The lowest BCUT2D eigenvalue weighted by molar-refractivity contribution is -0.249. The van der Waals surface area contributed by atoms with Crippen LogP contribution in [0.25, 0.3) is 5.57 Å². The second-order valence-electron chi connectivity index (χ2n) is 7.58. The van der Waals surface area contributed by atoms with Gasteiger partial charge in [-0.25, -0.2) is 8.78 Å². The summed E-state index contributed by atoms with van der Waals surface area (Å²) in [6.07, 6.45) is -4.06. The monoisotopic (exact) mass is 457 g/mol. The summed E-state index contributed by atoms with van der Waals surface area (Å²) in [5.74, 6) is -7.13. The van der Waals surface area contributed by atoms with Crippen molar-refractivity contribution >= 4 is 17.0 Å². The predicted octanol–water partition coefficient (Wildman–Crippen LogP) is 5.85. The summed E-state index contributed by atoms with van der Waals surface area (Å²) in [5.41, 5.74) is 0.316. The number of nitrogens with zero attached hydrogens (tertiary/aromatic N) is 2. The van der Waals surface area contributed by atoms with Gasteiger partial charge >= 0.3 is 12.1 Å². The summed E-state index contributed by atoms with van der Waals surface area (Å²) in [6, 6.07) is 7.75. The summed E-state index contributed by atoms with van der Waals surface area (Å²) in [6.45, 7) is 1.39. The first-order valence-corrected chi connectivity index (χ1v) is 9.85. The molecule has 0 aliphatic carbocycles. The van der Waals surface area contributed by atoms with E-state index in [9.17, 15) is 30.7 Å². The first kappa shape index (κ1) is 22.3. The van der Waals surface area contributed by atoms with E-state index in [2.05, 4.69) is 10.4 Å². The molecule has 3 nitrogen and oxygen atoms in total. The molecule has 2 aliphatic rings. The third-order valence-corrected chi connectivity index (χ3v) is 5.50. The summed E-state index contributed by atoms with van der Waals surface area (Å²) >= 11 is 0. The van der Waals surface area contributed by atoms with Gasteiger partial charge in [0.15, 0.2) is 0 Å². The molecule has 0 spiro atoms. The van der Waals surface area contributed by atoms with Crippen molar-refractivity contribution in [2.24, 2.45) is 5.10 Å². The Morgan fingerprint density at radius 2 is 1.78 bits per heavy atom. The van der Waals surface area contributed by atoms with Crippen molar-refractivity contribution < 1.29 is 30.7 Å². The number of benzene rings is 2. The Morgan fingerprint density at radius 1 is 1.00 bits per heavy atom. The highest BCUT2D eigenvalue weighted by molar-refractivity contribution is 5.95. The molecule has 1 N–H and O–H groups in total. The fraction of sp³-hybridized carbons (Fsp3) is 0.318. The second kappa shape index (κ2) is 8.23. The van der Waals surface area contributed by atoms with Crippen molar-refractivity contribution in [1.29, 1.82) is 0 Å². The van der Waals surface area contributed by atoms with E-state index in [4.69, 9.17) is 0 Å². The Bertz CT molecular complexity index is 1080. The van der Waals surface area contributed by atoms with Crippen molar-refractivity contribution in [3.8, 4) is 0 Å². The maximum absolute atomic E-state index is 14.5. The van der Waals surface area contributed by atoms with E-state index in [1.807, 2.05) is 6.08 Å². The van der Waals surface area contributed by atoms with Gasteiger partial charge in [-0.1, -0.05) is 24.3 Å². The highest BCUT2D eigenvalue weighted by atomic mass is 19.4. The zero-order chi connectivity index (χ0) is 23.1. The van der Waals surface area contributed by atoms with Crippen molar-refractivity contribution in [2.45, 2.75) is 31.0 Å². The molecule has 170 valence electrons. The summed E-state index contributed by atoms with van der Waals surface area (Å²) < 4.78 is 95.0. The topological polar surface area (TPSA) is 27.6 Å². The molecule has 2 heterocycles. The zero-order valence-corrected chi connectivity index (χ0v) is 16.6. The van der Waals surface area contributed by atoms with Gasteiger partial charge in [-0.2, -0.15) is 27.1 Å². The lowest BCUT2D eigenvalue weighted by Gasteiger charge is -2.25. The number of rotatable bonds is 4. The number of nitrogens with one attached hydrogen (secondary N) is 1. The molecule has 0 saturated carbocycles. The number of halogens is 7. The van der Waals surface area contributed by atoms with Crippen molar-refractivity contribution in [2.75, 3.05) is 18.1 Å². The summed E-state index contributed by atoms with van der Waals surface area (Å²) in [4.78, 5) is 0. The quantitative estimate of drug-likeness (QED) is 0.584. The van der Waals surface area contributed by atoms with Crippen LogP contribution < -0.4 is 10.3 Å². The molecule has 2 aromatic rings. The lowest BCUT2D eigenvalue weighted by atomic mass is 9.97. The molecule has 1 unspecified atom stereocenters. The van der Waals surface area contributed by atoms with Gasteiger partial charge in [0.1, 0.15) is 17.3 Å². The highest BCUT2D eigenvalue weighted by Gasteiger charge is 2.63. The predicted molar refractivity (Wildman–Crippen MR) is 107 cm³/mol. The third-order valence-electron chi connectivity index (χ3n) is 5.50. The molecule has 10 heteroatoms. The number of hydrogen-bond acceptors (Lipinski definition) is 3. The minimum Gasteiger partial charge on any atom is -0.313 e. The van der Waals surface area contributed by atoms with Gasteiger partial charge in [0, 0.05) is 24.6 Å². The van der Waals surface area contributed by atoms with E-state index in [1.165, 1.54) is 6.07 Å². The molecular weight excluding hydrogens is 439 g/mol. The minimum absolute atomic E-state index is 0.226.